The summed E-state index contributed by atoms with van der Waals surface area (Å²) in [6.07, 6.45) is 1.89. The number of pyridine rings is 1. The molecule has 2 aromatic rings. The third kappa shape index (κ3) is 1.08. The van der Waals surface area contributed by atoms with Crippen molar-refractivity contribution in [2.75, 3.05) is 5.73 Å². The fourth-order valence-corrected chi connectivity index (χ4v) is 1.78. The monoisotopic (exact) mass is 225 g/mol. The Hall–Kier alpha value is -1.03. The molecule has 12 heavy (non-hydrogen) atoms. The number of nitrogen functional groups attached to an aromatic ring is 1. The highest BCUT2D eigenvalue weighted by atomic mass is 79.9. The van der Waals surface area contributed by atoms with E-state index in [1.165, 1.54) is 0 Å². The molecule has 2 N–H and O–H groups in total. The van der Waals surface area contributed by atoms with Gasteiger partial charge in [-0.2, -0.15) is 5.10 Å². The van der Waals surface area contributed by atoms with Crippen LogP contribution in [0, 0.1) is 6.92 Å². The van der Waals surface area contributed by atoms with Gasteiger partial charge >= 0.3 is 0 Å². The maximum absolute atomic E-state index is 5.56. The van der Waals surface area contributed by atoms with Crippen LogP contribution in [-0.4, -0.2) is 9.61 Å². The zero-order chi connectivity index (χ0) is 8.72. The summed E-state index contributed by atoms with van der Waals surface area (Å²) in [5, 5.41) is 4.10. The van der Waals surface area contributed by atoms with Gasteiger partial charge in [-0.1, -0.05) is 0 Å². The van der Waals surface area contributed by atoms with E-state index >= 15 is 0 Å². The Morgan fingerprint density at radius 3 is 3.00 bits per heavy atom. The van der Waals surface area contributed by atoms with Gasteiger partial charge in [-0.15, -0.1) is 0 Å². The molecule has 0 unspecified atom stereocenters. The van der Waals surface area contributed by atoms with Crippen LogP contribution in [0.4, 0.5) is 5.82 Å². The Morgan fingerprint density at radius 2 is 2.25 bits per heavy atom. The van der Waals surface area contributed by atoms with E-state index < -0.39 is 0 Å². The number of hydrogen-bond acceptors (Lipinski definition) is 2. The molecule has 0 saturated heterocycles. The predicted molar refractivity (Wildman–Crippen MR) is 52.0 cm³/mol. The van der Waals surface area contributed by atoms with Gasteiger partial charge in [0.15, 0.2) is 0 Å². The summed E-state index contributed by atoms with van der Waals surface area (Å²) >= 11 is 3.39. The molecule has 2 heterocycles. The fourth-order valence-electron chi connectivity index (χ4n) is 1.24. The molecule has 62 valence electrons. The average molecular weight is 226 g/mol. The van der Waals surface area contributed by atoms with Crippen LogP contribution in [0.1, 0.15) is 5.56 Å². The first-order chi connectivity index (χ1) is 5.66. The summed E-state index contributed by atoms with van der Waals surface area (Å²) in [6.45, 7) is 2.03. The van der Waals surface area contributed by atoms with Crippen LogP contribution >= 0.6 is 15.9 Å². The van der Waals surface area contributed by atoms with Crippen LogP contribution in [0.15, 0.2) is 22.8 Å². The second-order valence-corrected chi connectivity index (χ2v) is 3.66. The molecule has 0 spiro atoms. The molecule has 0 aliphatic rings. The van der Waals surface area contributed by atoms with E-state index in [1.54, 1.807) is 4.52 Å². The zero-order valence-corrected chi connectivity index (χ0v) is 8.17. The molecule has 2 rings (SSSR count). The lowest BCUT2D eigenvalue weighted by Gasteiger charge is -1.97. The van der Waals surface area contributed by atoms with Crippen molar-refractivity contribution in [3.05, 3.63) is 28.4 Å². The normalized spacial score (nSPS) is 10.8. The van der Waals surface area contributed by atoms with Crippen molar-refractivity contribution in [2.24, 2.45) is 0 Å². The highest BCUT2D eigenvalue weighted by Crippen LogP contribution is 2.18. The van der Waals surface area contributed by atoms with E-state index in [-0.39, 0.29) is 0 Å². The van der Waals surface area contributed by atoms with Gasteiger partial charge in [0.25, 0.3) is 0 Å². The highest BCUT2D eigenvalue weighted by Gasteiger charge is 2.01. The van der Waals surface area contributed by atoms with E-state index in [2.05, 4.69) is 21.0 Å². The van der Waals surface area contributed by atoms with Crippen LogP contribution in [-0.2, 0) is 0 Å². The van der Waals surface area contributed by atoms with Crippen molar-refractivity contribution in [2.45, 2.75) is 6.92 Å². The van der Waals surface area contributed by atoms with Crippen molar-refractivity contribution < 1.29 is 0 Å². The number of nitrogens with zero attached hydrogens (tertiary/aromatic N) is 2. The first kappa shape index (κ1) is 7.61. The molecule has 0 fully saturated rings. The van der Waals surface area contributed by atoms with Crippen LogP contribution < -0.4 is 5.73 Å². The Balaban J connectivity index is 2.88. The van der Waals surface area contributed by atoms with Crippen LogP contribution in [0.25, 0.3) is 5.52 Å². The number of halogens is 1. The molecule has 0 saturated carbocycles. The minimum absolute atomic E-state index is 0.552. The third-order valence-corrected chi connectivity index (χ3v) is 2.19. The van der Waals surface area contributed by atoms with Gasteiger partial charge < -0.3 is 5.73 Å². The van der Waals surface area contributed by atoms with Crippen molar-refractivity contribution in [3.63, 3.8) is 0 Å². The maximum atomic E-state index is 5.56. The van der Waals surface area contributed by atoms with Gasteiger partial charge in [0.05, 0.1) is 5.52 Å². The summed E-state index contributed by atoms with van der Waals surface area (Å²) in [5.74, 6) is 0.552. The second-order valence-electron chi connectivity index (χ2n) is 2.74. The zero-order valence-electron chi connectivity index (χ0n) is 6.58. The lowest BCUT2D eigenvalue weighted by atomic mass is 10.2. The number of aryl methyl sites for hydroxylation is 1. The summed E-state index contributed by atoms with van der Waals surface area (Å²) in [6, 6.07) is 3.90. The third-order valence-electron chi connectivity index (χ3n) is 1.76. The van der Waals surface area contributed by atoms with Crippen LogP contribution in [0.5, 0.6) is 0 Å². The van der Waals surface area contributed by atoms with E-state index in [0.29, 0.717) is 5.82 Å². The lowest BCUT2D eigenvalue weighted by Crippen LogP contribution is -1.90. The Morgan fingerprint density at radius 1 is 1.50 bits per heavy atom. The largest absolute Gasteiger partial charge is 0.382 e. The van der Waals surface area contributed by atoms with Crippen molar-refractivity contribution in [1.29, 1.82) is 0 Å². The van der Waals surface area contributed by atoms with Crippen molar-refractivity contribution in [3.8, 4) is 0 Å². The molecule has 0 radical (unpaired) electrons. The molecule has 3 nitrogen and oxygen atoms in total. The molecule has 2 aromatic heterocycles. The number of hydrogen-bond donors (Lipinski definition) is 1. The predicted octanol–water partition coefficient (Wildman–Crippen LogP) is 1.99. The molecule has 0 bridgehead atoms. The van der Waals surface area contributed by atoms with E-state index in [9.17, 15) is 0 Å². The first-order valence-electron chi connectivity index (χ1n) is 3.58. The molecule has 0 aromatic carbocycles. The van der Waals surface area contributed by atoms with E-state index in [1.807, 2.05) is 25.3 Å². The quantitative estimate of drug-likeness (QED) is 0.746. The highest BCUT2D eigenvalue weighted by molar-refractivity contribution is 9.10. The number of rotatable bonds is 0. The van der Waals surface area contributed by atoms with E-state index in [0.717, 1.165) is 15.6 Å². The lowest BCUT2D eigenvalue weighted by molar-refractivity contribution is 0.957. The summed E-state index contributed by atoms with van der Waals surface area (Å²) in [5.41, 5.74) is 7.77. The van der Waals surface area contributed by atoms with Gasteiger partial charge in [0.2, 0.25) is 0 Å². The SMILES string of the molecule is Cc1cc(Br)cn2nc(N)cc12. The molecule has 0 aliphatic heterocycles. The first-order valence-corrected chi connectivity index (χ1v) is 4.37. The maximum Gasteiger partial charge on any atom is 0.146 e. The second kappa shape index (κ2) is 2.48. The van der Waals surface area contributed by atoms with Gasteiger partial charge in [-0.05, 0) is 34.5 Å². The molecule has 0 atom stereocenters. The van der Waals surface area contributed by atoms with Crippen LogP contribution in [0.2, 0.25) is 0 Å². The smallest absolute Gasteiger partial charge is 0.146 e. The van der Waals surface area contributed by atoms with Crippen molar-refractivity contribution in [1.82, 2.24) is 9.61 Å². The Bertz CT molecular complexity index is 433. The van der Waals surface area contributed by atoms with Crippen LogP contribution in [0.3, 0.4) is 0 Å². The number of nitrogens with two attached hydrogens (primary N) is 1. The molecule has 0 amide bonds. The topological polar surface area (TPSA) is 43.3 Å². The van der Waals surface area contributed by atoms with Crippen molar-refractivity contribution >= 4 is 27.3 Å². The van der Waals surface area contributed by atoms with Gasteiger partial charge in [0, 0.05) is 16.7 Å². The molecule has 4 heteroatoms. The fraction of sp³-hybridized carbons (Fsp3) is 0.125. The van der Waals surface area contributed by atoms with Gasteiger partial charge in [0.1, 0.15) is 5.82 Å². The number of anilines is 1. The Kier molecular flexibility index (Phi) is 1.58. The Labute approximate surface area is 78.3 Å². The molecule has 0 aliphatic carbocycles. The number of fused-ring (bicyclic) bond motifs is 1. The summed E-state index contributed by atoms with van der Waals surface area (Å²) < 4.78 is 2.78. The van der Waals surface area contributed by atoms with Gasteiger partial charge in [-0.25, -0.2) is 4.52 Å². The molecular weight excluding hydrogens is 218 g/mol. The minimum atomic E-state index is 0.552. The van der Waals surface area contributed by atoms with Gasteiger partial charge in [-0.3, -0.25) is 0 Å². The molecular formula is C8H8BrN3. The number of aromatic nitrogens is 2. The van der Waals surface area contributed by atoms with E-state index in [4.69, 9.17) is 5.73 Å². The average Bonchev–Trinajstić information content (AvgIpc) is 2.29. The summed E-state index contributed by atoms with van der Waals surface area (Å²) in [7, 11) is 0. The summed E-state index contributed by atoms with van der Waals surface area (Å²) in [4.78, 5) is 0. The minimum Gasteiger partial charge on any atom is -0.382 e. The standard InChI is InChI=1S/C8H8BrN3/c1-5-2-6(9)4-12-7(5)3-8(10)11-12/h2-4H,1H3,(H2,10,11).